The highest BCUT2D eigenvalue weighted by Crippen LogP contribution is 2.30. The van der Waals surface area contributed by atoms with Crippen LogP contribution in [0, 0.1) is 6.92 Å². The molecule has 0 fully saturated rings. The summed E-state index contributed by atoms with van der Waals surface area (Å²) in [6.45, 7) is 0.284. The second-order valence-electron chi connectivity index (χ2n) is 2.83. The van der Waals surface area contributed by atoms with Crippen LogP contribution in [0.15, 0.2) is 12.3 Å². The Kier molecular flexibility index (Phi) is 3.39. The largest absolute Gasteiger partial charge is 0.491 e. The molecule has 1 rings (SSSR count). The standard InChI is InChI=1S/C9H10F3NO2/c1-6-8(14-2)7(3-4-13-6)15-5-9(10,11)12/h3-4H,5H2,1-2H3. The third-order valence-corrected chi connectivity index (χ3v) is 1.64. The number of nitrogens with zero attached hydrogens (tertiary/aromatic N) is 1. The summed E-state index contributed by atoms with van der Waals surface area (Å²) in [6.07, 6.45) is -2.99. The van der Waals surface area contributed by atoms with Gasteiger partial charge in [0.15, 0.2) is 18.1 Å². The summed E-state index contributed by atoms with van der Waals surface area (Å²) >= 11 is 0. The zero-order valence-corrected chi connectivity index (χ0v) is 8.26. The van der Waals surface area contributed by atoms with Gasteiger partial charge in [0.1, 0.15) is 0 Å². The molecule has 0 aliphatic carbocycles. The Balaban J connectivity index is 2.81. The van der Waals surface area contributed by atoms with E-state index in [1.807, 2.05) is 0 Å². The number of hydrogen-bond donors (Lipinski definition) is 0. The van der Waals surface area contributed by atoms with Crippen LogP contribution >= 0.6 is 0 Å². The lowest BCUT2D eigenvalue weighted by molar-refractivity contribution is -0.153. The third-order valence-electron chi connectivity index (χ3n) is 1.64. The second kappa shape index (κ2) is 4.37. The van der Waals surface area contributed by atoms with E-state index in [-0.39, 0.29) is 11.5 Å². The van der Waals surface area contributed by atoms with E-state index in [0.717, 1.165) is 0 Å². The summed E-state index contributed by atoms with van der Waals surface area (Å²) in [5.74, 6) is 0.268. The molecule has 0 N–H and O–H groups in total. The Morgan fingerprint density at radius 2 is 2.07 bits per heavy atom. The molecule has 84 valence electrons. The molecule has 1 aromatic heterocycles. The number of rotatable bonds is 3. The Morgan fingerprint density at radius 1 is 1.40 bits per heavy atom. The molecule has 3 nitrogen and oxygen atoms in total. The van der Waals surface area contributed by atoms with Gasteiger partial charge in [0, 0.05) is 12.3 Å². The van der Waals surface area contributed by atoms with E-state index in [0.29, 0.717) is 5.69 Å². The lowest BCUT2D eigenvalue weighted by atomic mass is 10.3. The highest BCUT2D eigenvalue weighted by atomic mass is 19.4. The lowest BCUT2D eigenvalue weighted by Gasteiger charge is -2.13. The average molecular weight is 221 g/mol. The minimum absolute atomic E-state index is 0.0438. The topological polar surface area (TPSA) is 31.4 Å². The SMILES string of the molecule is COc1c(OCC(F)(F)F)ccnc1C. The number of alkyl halides is 3. The van der Waals surface area contributed by atoms with Gasteiger partial charge in [-0.25, -0.2) is 0 Å². The van der Waals surface area contributed by atoms with Gasteiger partial charge in [0.05, 0.1) is 12.8 Å². The van der Waals surface area contributed by atoms with Gasteiger partial charge < -0.3 is 9.47 Å². The normalized spacial score (nSPS) is 11.3. The molecule has 0 radical (unpaired) electrons. The Labute approximate surface area is 84.8 Å². The van der Waals surface area contributed by atoms with E-state index in [2.05, 4.69) is 9.72 Å². The van der Waals surface area contributed by atoms with Crippen molar-refractivity contribution in [3.05, 3.63) is 18.0 Å². The van der Waals surface area contributed by atoms with Gasteiger partial charge in [0.2, 0.25) is 0 Å². The molecule has 0 aliphatic rings. The maximum Gasteiger partial charge on any atom is 0.422 e. The smallest absolute Gasteiger partial charge is 0.422 e. The Hall–Kier alpha value is -1.46. The highest BCUT2D eigenvalue weighted by Gasteiger charge is 2.29. The first-order chi connectivity index (χ1) is 6.94. The summed E-state index contributed by atoms with van der Waals surface area (Å²) in [4.78, 5) is 3.87. The van der Waals surface area contributed by atoms with Crippen LogP contribution in [0.2, 0.25) is 0 Å². The van der Waals surface area contributed by atoms with E-state index in [1.165, 1.54) is 19.4 Å². The van der Waals surface area contributed by atoms with Crippen LogP contribution in [-0.4, -0.2) is 24.9 Å². The molecule has 0 aliphatic heterocycles. The average Bonchev–Trinajstić information content (AvgIpc) is 2.13. The fourth-order valence-electron chi connectivity index (χ4n) is 1.05. The van der Waals surface area contributed by atoms with Crippen LogP contribution in [0.4, 0.5) is 13.2 Å². The minimum Gasteiger partial charge on any atom is -0.491 e. The van der Waals surface area contributed by atoms with Gasteiger partial charge >= 0.3 is 6.18 Å². The molecular formula is C9H10F3NO2. The molecule has 0 saturated carbocycles. The molecule has 0 unspecified atom stereocenters. The van der Waals surface area contributed by atoms with Crippen molar-refractivity contribution in [2.75, 3.05) is 13.7 Å². The molecule has 1 heterocycles. The van der Waals surface area contributed by atoms with E-state index < -0.39 is 12.8 Å². The maximum absolute atomic E-state index is 11.9. The minimum atomic E-state index is -4.36. The van der Waals surface area contributed by atoms with Gasteiger partial charge in [-0.2, -0.15) is 13.2 Å². The molecule has 0 saturated heterocycles. The zero-order valence-electron chi connectivity index (χ0n) is 8.26. The molecule has 1 aromatic rings. The first-order valence-electron chi connectivity index (χ1n) is 4.13. The molecule has 0 bridgehead atoms. The zero-order chi connectivity index (χ0) is 11.5. The predicted molar refractivity (Wildman–Crippen MR) is 47.1 cm³/mol. The van der Waals surface area contributed by atoms with Gasteiger partial charge in [-0.3, -0.25) is 4.98 Å². The molecule has 0 amide bonds. The number of ether oxygens (including phenoxy) is 2. The summed E-state index contributed by atoms with van der Waals surface area (Å²) in [5, 5.41) is 0. The number of aromatic nitrogens is 1. The summed E-state index contributed by atoms with van der Waals surface area (Å²) < 4.78 is 45.2. The molecule has 0 aromatic carbocycles. The van der Waals surface area contributed by atoms with Crippen molar-refractivity contribution in [1.82, 2.24) is 4.98 Å². The fourth-order valence-corrected chi connectivity index (χ4v) is 1.05. The number of hydrogen-bond acceptors (Lipinski definition) is 3. The van der Waals surface area contributed by atoms with E-state index in [4.69, 9.17) is 4.74 Å². The molecule has 6 heteroatoms. The highest BCUT2D eigenvalue weighted by molar-refractivity contribution is 5.41. The molecule has 15 heavy (non-hydrogen) atoms. The van der Waals surface area contributed by atoms with Gasteiger partial charge in [-0.1, -0.05) is 0 Å². The summed E-state index contributed by atoms with van der Waals surface area (Å²) in [7, 11) is 1.35. The molecular weight excluding hydrogens is 211 g/mol. The number of halogens is 3. The van der Waals surface area contributed by atoms with Crippen molar-refractivity contribution in [2.45, 2.75) is 13.1 Å². The number of methoxy groups -OCH3 is 1. The summed E-state index contributed by atoms with van der Waals surface area (Å²) in [5.41, 5.74) is 0.483. The summed E-state index contributed by atoms with van der Waals surface area (Å²) in [6, 6.07) is 1.33. The van der Waals surface area contributed by atoms with Crippen molar-refractivity contribution >= 4 is 0 Å². The van der Waals surface area contributed by atoms with Crippen LogP contribution in [0.3, 0.4) is 0 Å². The molecule has 0 spiro atoms. The van der Waals surface area contributed by atoms with E-state index >= 15 is 0 Å². The van der Waals surface area contributed by atoms with Crippen molar-refractivity contribution in [3.63, 3.8) is 0 Å². The Morgan fingerprint density at radius 3 is 2.60 bits per heavy atom. The maximum atomic E-state index is 11.9. The number of pyridine rings is 1. The van der Waals surface area contributed by atoms with Gasteiger partial charge in [-0.15, -0.1) is 0 Å². The first kappa shape index (κ1) is 11.6. The van der Waals surface area contributed by atoms with Crippen LogP contribution in [0.25, 0.3) is 0 Å². The monoisotopic (exact) mass is 221 g/mol. The van der Waals surface area contributed by atoms with Crippen LogP contribution < -0.4 is 9.47 Å². The number of aryl methyl sites for hydroxylation is 1. The van der Waals surface area contributed by atoms with E-state index in [1.54, 1.807) is 6.92 Å². The van der Waals surface area contributed by atoms with Crippen LogP contribution in [-0.2, 0) is 0 Å². The van der Waals surface area contributed by atoms with Crippen molar-refractivity contribution in [2.24, 2.45) is 0 Å². The van der Waals surface area contributed by atoms with Gasteiger partial charge in [0.25, 0.3) is 0 Å². The van der Waals surface area contributed by atoms with Crippen molar-refractivity contribution in [1.29, 1.82) is 0 Å². The second-order valence-corrected chi connectivity index (χ2v) is 2.83. The van der Waals surface area contributed by atoms with Crippen molar-refractivity contribution < 1.29 is 22.6 Å². The third kappa shape index (κ3) is 3.30. The Bertz CT molecular complexity index is 339. The molecule has 0 atom stereocenters. The van der Waals surface area contributed by atoms with Crippen LogP contribution in [0.1, 0.15) is 5.69 Å². The van der Waals surface area contributed by atoms with Crippen molar-refractivity contribution in [3.8, 4) is 11.5 Å². The van der Waals surface area contributed by atoms with Crippen LogP contribution in [0.5, 0.6) is 11.5 Å². The fraction of sp³-hybridized carbons (Fsp3) is 0.444. The lowest BCUT2D eigenvalue weighted by Crippen LogP contribution is -2.19. The van der Waals surface area contributed by atoms with Gasteiger partial charge in [-0.05, 0) is 6.92 Å². The predicted octanol–water partition coefficient (Wildman–Crippen LogP) is 2.34. The quantitative estimate of drug-likeness (QED) is 0.785. The first-order valence-corrected chi connectivity index (χ1v) is 4.13. The van der Waals surface area contributed by atoms with E-state index in [9.17, 15) is 13.2 Å².